The highest BCUT2D eigenvalue weighted by Crippen LogP contribution is 2.27. The summed E-state index contributed by atoms with van der Waals surface area (Å²) in [6.45, 7) is 3.62. The van der Waals surface area contributed by atoms with Gasteiger partial charge >= 0.3 is 0 Å². The van der Waals surface area contributed by atoms with Gasteiger partial charge in [-0.05, 0) is 12.5 Å². The Kier molecular flexibility index (Phi) is 4.63. The molecular weight excluding hydrogens is 242 g/mol. The van der Waals surface area contributed by atoms with Crippen molar-refractivity contribution >= 4 is 23.1 Å². The summed E-state index contributed by atoms with van der Waals surface area (Å²) in [6.07, 6.45) is 0.593. The van der Waals surface area contributed by atoms with Crippen LogP contribution >= 0.6 is 11.6 Å². The number of ketones is 1. The van der Waals surface area contributed by atoms with E-state index in [2.05, 4.69) is 0 Å². The number of benzene rings is 1. The average molecular weight is 256 g/mol. The standard InChI is InChI=1S/C12H14ClNO3/c1-8(2)12(15)7-6-9-10(13)4-3-5-11(9)14(16)17/h3-5,8H,6-7H2,1-2H3. The zero-order valence-corrected chi connectivity index (χ0v) is 10.5. The fourth-order valence-corrected chi connectivity index (χ4v) is 1.77. The Morgan fingerprint density at radius 2 is 2.12 bits per heavy atom. The van der Waals surface area contributed by atoms with E-state index in [1.54, 1.807) is 6.07 Å². The number of Topliss-reactive ketones (excluding diaryl/α,β-unsaturated/α-hetero) is 1. The number of nitro groups is 1. The van der Waals surface area contributed by atoms with Crippen molar-refractivity contribution in [3.63, 3.8) is 0 Å². The van der Waals surface area contributed by atoms with Gasteiger partial charge in [0.15, 0.2) is 0 Å². The first-order chi connectivity index (χ1) is 7.93. The minimum absolute atomic E-state index is 0.0194. The van der Waals surface area contributed by atoms with Crippen molar-refractivity contribution in [3.8, 4) is 0 Å². The molecule has 0 atom stereocenters. The monoisotopic (exact) mass is 255 g/mol. The normalized spacial score (nSPS) is 10.6. The molecule has 0 radical (unpaired) electrons. The van der Waals surface area contributed by atoms with Gasteiger partial charge in [0.2, 0.25) is 0 Å². The predicted octanol–water partition coefficient (Wildman–Crippen LogP) is 3.41. The second kappa shape index (κ2) is 5.77. The van der Waals surface area contributed by atoms with E-state index in [0.29, 0.717) is 17.0 Å². The maximum absolute atomic E-state index is 11.5. The maximum atomic E-state index is 11.5. The van der Waals surface area contributed by atoms with Crippen molar-refractivity contribution in [1.29, 1.82) is 0 Å². The largest absolute Gasteiger partial charge is 0.299 e. The smallest absolute Gasteiger partial charge is 0.274 e. The van der Waals surface area contributed by atoms with Crippen LogP contribution in [-0.2, 0) is 11.2 Å². The van der Waals surface area contributed by atoms with E-state index in [9.17, 15) is 14.9 Å². The molecule has 0 fully saturated rings. The molecule has 0 unspecified atom stereocenters. The molecule has 0 spiro atoms. The first-order valence-corrected chi connectivity index (χ1v) is 5.75. The van der Waals surface area contributed by atoms with Crippen LogP contribution in [0.25, 0.3) is 0 Å². The molecule has 1 rings (SSSR count). The highest BCUT2D eigenvalue weighted by atomic mass is 35.5. The van der Waals surface area contributed by atoms with Crippen LogP contribution in [0.3, 0.4) is 0 Å². The zero-order chi connectivity index (χ0) is 13.0. The van der Waals surface area contributed by atoms with Gasteiger partial charge in [0, 0.05) is 24.0 Å². The SMILES string of the molecule is CC(C)C(=O)CCc1c(Cl)cccc1[N+](=O)[O-]. The summed E-state index contributed by atoms with van der Waals surface area (Å²) >= 11 is 5.92. The lowest BCUT2D eigenvalue weighted by atomic mass is 10.00. The van der Waals surface area contributed by atoms with Gasteiger partial charge in [-0.1, -0.05) is 31.5 Å². The third-order valence-electron chi connectivity index (χ3n) is 2.56. The minimum atomic E-state index is -0.471. The van der Waals surface area contributed by atoms with Crippen LogP contribution in [0, 0.1) is 16.0 Å². The van der Waals surface area contributed by atoms with Gasteiger partial charge in [0.25, 0.3) is 5.69 Å². The van der Waals surface area contributed by atoms with Crippen LogP contribution < -0.4 is 0 Å². The van der Waals surface area contributed by atoms with Crippen LogP contribution in [0.1, 0.15) is 25.8 Å². The Bertz CT molecular complexity index is 443. The van der Waals surface area contributed by atoms with Crippen LogP contribution in [0.5, 0.6) is 0 Å². The number of carbonyl (C=O) groups is 1. The van der Waals surface area contributed by atoms with Gasteiger partial charge in [0.1, 0.15) is 5.78 Å². The molecule has 0 aliphatic heterocycles. The van der Waals surface area contributed by atoms with Crippen molar-refractivity contribution in [2.75, 3.05) is 0 Å². The summed E-state index contributed by atoms with van der Waals surface area (Å²) < 4.78 is 0. The fourth-order valence-electron chi connectivity index (χ4n) is 1.50. The van der Waals surface area contributed by atoms with Gasteiger partial charge < -0.3 is 0 Å². The summed E-state index contributed by atoms with van der Waals surface area (Å²) in [5.74, 6) is 0.0239. The Hall–Kier alpha value is -1.42. The Balaban J connectivity index is 2.90. The van der Waals surface area contributed by atoms with E-state index >= 15 is 0 Å². The second-order valence-electron chi connectivity index (χ2n) is 4.12. The van der Waals surface area contributed by atoms with E-state index in [-0.39, 0.29) is 23.8 Å². The van der Waals surface area contributed by atoms with Gasteiger partial charge in [-0.15, -0.1) is 0 Å². The van der Waals surface area contributed by atoms with Crippen LogP contribution in [0.4, 0.5) is 5.69 Å². The summed E-state index contributed by atoms with van der Waals surface area (Å²) in [6, 6.07) is 4.54. The second-order valence-corrected chi connectivity index (χ2v) is 4.52. The van der Waals surface area contributed by atoms with E-state index in [4.69, 9.17) is 11.6 Å². The molecule has 0 aromatic heterocycles. The van der Waals surface area contributed by atoms with Crippen molar-refractivity contribution in [3.05, 3.63) is 38.9 Å². The number of halogens is 1. The molecule has 0 saturated heterocycles. The van der Waals surface area contributed by atoms with Crippen molar-refractivity contribution < 1.29 is 9.72 Å². The van der Waals surface area contributed by atoms with Crippen molar-refractivity contribution in [2.45, 2.75) is 26.7 Å². The summed E-state index contributed by atoms with van der Waals surface area (Å²) in [5, 5.41) is 11.2. The Morgan fingerprint density at radius 3 is 2.65 bits per heavy atom. The van der Waals surface area contributed by atoms with Crippen LogP contribution in [-0.4, -0.2) is 10.7 Å². The zero-order valence-electron chi connectivity index (χ0n) is 9.77. The molecule has 0 bridgehead atoms. The lowest BCUT2D eigenvalue weighted by Gasteiger charge is -2.06. The van der Waals surface area contributed by atoms with E-state index in [1.165, 1.54) is 12.1 Å². The summed E-state index contributed by atoms with van der Waals surface area (Å²) in [4.78, 5) is 21.8. The fraction of sp³-hybridized carbons (Fsp3) is 0.417. The Labute approximate surface area is 105 Å². The first-order valence-electron chi connectivity index (χ1n) is 5.38. The molecular formula is C12H14ClNO3. The molecule has 0 amide bonds. The van der Waals surface area contributed by atoms with Crippen molar-refractivity contribution in [2.24, 2.45) is 5.92 Å². The molecule has 0 N–H and O–H groups in total. The molecule has 0 heterocycles. The number of hydrogen-bond acceptors (Lipinski definition) is 3. The van der Waals surface area contributed by atoms with E-state index in [0.717, 1.165) is 0 Å². The molecule has 4 nitrogen and oxygen atoms in total. The highest BCUT2D eigenvalue weighted by Gasteiger charge is 2.18. The molecule has 0 aliphatic carbocycles. The maximum Gasteiger partial charge on any atom is 0.274 e. The third kappa shape index (κ3) is 3.53. The van der Waals surface area contributed by atoms with Crippen molar-refractivity contribution in [1.82, 2.24) is 0 Å². The average Bonchev–Trinajstić information content (AvgIpc) is 2.26. The van der Waals surface area contributed by atoms with Gasteiger partial charge in [-0.3, -0.25) is 14.9 Å². The highest BCUT2D eigenvalue weighted by molar-refractivity contribution is 6.31. The molecule has 92 valence electrons. The number of nitrogens with zero attached hydrogens (tertiary/aromatic N) is 1. The van der Waals surface area contributed by atoms with Gasteiger partial charge in [-0.2, -0.15) is 0 Å². The van der Waals surface area contributed by atoms with Crippen LogP contribution in [0.15, 0.2) is 18.2 Å². The number of carbonyl (C=O) groups excluding carboxylic acids is 1. The summed E-state index contributed by atoms with van der Waals surface area (Å²) in [5.41, 5.74) is 0.419. The van der Waals surface area contributed by atoms with Gasteiger partial charge in [0.05, 0.1) is 9.95 Å². The molecule has 0 saturated carbocycles. The van der Waals surface area contributed by atoms with Gasteiger partial charge in [-0.25, -0.2) is 0 Å². The lowest BCUT2D eigenvalue weighted by Crippen LogP contribution is -2.08. The lowest BCUT2D eigenvalue weighted by molar-refractivity contribution is -0.385. The Morgan fingerprint density at radius 1 is 1.47 bits per heavy atom. The topological polar surface area (TPSA) is 60.2 Å². The molecule has 1 aromatic rings. The van der Waals surface area contributed by atoms with E-state index < -0.39 is 4.92 Å². The molecule has 17 heavy (non-hydrogen) atoms. The van der Waals surface area contributed by atoms with Crippen LogP contribution in [0.2, 0.25) is 5.02 Å². The molecule has 1 aromatic carbocycles. The quantitative estimate of drug-likeness (QED) is 0.598. The first kappa shape index (κ1) is 13.6. The number of nitro benzene ring substituents is 1. The molecule has 5 heteroatoms. The minimum Gasteiger partial charge on any atom is -0.299 e. The third-order valence-corrected chi connectivity index (χ3v) is 2.91. The molecule has 0 aliphatic rings. The predicted molar refractivity (Wildman–Crippen MR) is 66.3 cm³/mol. The number of rotatable bonds is 5. The number of hydrogen-bond donors (Lipinski definition) is 0. The van der Waals surface area contributed by atoms with E-state index in [1.807, 2.05) is 13.8 Å². The summed E-state index contributed by atoms with van der Waals surface area (Å²) in [7, 11) is 0.